The van der Waals surface area contributed by atoms with Gasteiger partial charge >= 0.3 is 0 Å². The fraction of sp³-hybridized carbons (Fsp3) is 0.100. The minimum absolute atomic E-state index is 0.305. The molecule has 0 aliphatic rings. The molecule has 78 valence electrons. The van der Waals surface area contributed by atoms with Gasteiger partial charge in [-0.1, -0.05) is 11.6 Å². The molecule has 0 saturated heterocycles. The molecular weight excluding hydrogens is 217 g/mol. The average Bonchev–Trinajstić information content (AvgIpc) is 2.45. The predicted molar refractivity (Wildman–Crippen MR) is 57.7 cm³/mol. The van der Waals surface area contributed by atoms with Gasteiger partial charge in [0.25, 0.3) is 0 Å². The Morgan fingerprint density at radius 1 is 1.47 bits per heavy atom. The van der Waals surface area contributed by atoms with Gasteiger partial charge in [-0.15, -0.1) is 0 Å². The molecule has 3 nitrogen and oxygen atoms in total. The molecule has 2 N–H and O–H groups in total. The summed E-state index contributed by atoms with van der Waals surface area (Å²) in [6.45, 7) is 1.82. The lowest BCUT2D eigenvalue weighted by molar-refractivity contribution is 0.627. The van der Waals surface area contributed by atoms with E-state index in [1.165, 1.54) is 12.1 Å². The lowest BCUT2D eigenvalue weighted by Crippen LogP contribution is -2.00. The van der Waals surface area contributed by atoms with Crippen LogP contribution in [0.5, 0.6) is 0 Å². The molecule has 1 heterocycles. The third kappa shape index (κ3) is 1.80. The smallest absolute Gasteiger partial charge is 0.205 e. The molecule has 0 fully saturated rings. The zero-order valence-corrected chi connectivity index (χ0v) is 8.79. The first kappa shape index (κ1) is 9.98. The van der Waals surface area contributed by atoms with Crippen LogP contribution in [0.4, 0.5) is 10.3 Å². The van der Waals surface area contributed by atoms with Gasteiger partial charge < -0.3 is 5.73 Å². The zero-order valence-electron chi connectivity index (χ0n) is 8.04. The van der Waals surface area contributed by atoms with E-state index in [1.54, 1.807) is 16.8 Å². The number of hydrogen-bond donors (Lipinski definition) is 1. The number of aryl methyl sites for hydroxylation is 1. The number of rotatable bonds is 1. The fourth-order valence-electron chi connectivity index (χ4n) is 1.39. The Hall–Kier alpha value is -1.55. The summed E-state index contributed by atoms with van der Waals surface area (Å²) in [5.41, 5.74) is 7.09. The molecule has 0 radical (unpaired) electrons. The molecule has 15 heavy (non-hydrogen) atoms. The summed E-state index contributed by atoms with van der Waals surface area (Å²) in [6.07, 6.45) is 1.74. The van der Waals surface area contributed by atoms with Crippen LogP contribution in [0.2, 0.25) is 5.02 Å². The Balaban J connectivity index is 2.59. The van der Waals surface area contributed by atoms with Gasteiger partial charge in [0, 0.05) is 6.20 Å². The van der Waals surface area contributed by atoms with Gasteiger partial charge in [-0.2, -0.15) is 0 Å². The van der Waals surface area contributed by atoms with Gasteiger partial charge in [-0.05, 0) is 25.1 Å². The number of aromatic nitrogens is 2. The minimum Gasteiger partial charge on any atom is -0.369 e. The van der Waals surface area contributed by atoms with E-state index in [9.17, 15) is 4.39 Å². The largest absolute Gasteiger partial charge is 0.369 e. The summed E-state index contributed by atoms with van der Waals surface area (Å²) < 4.78 is 14.5. The van der Waals surface area contributed by atoms with Crippen molar-refractivity contribution in [1.82, 2.24) is 9.55 Å². The molecule has 0 atom stereocenters. The van der Waals surface area contributed by atoms with Crippen LogP contribution in [0.1, 0.15) is 5.69 Å². The highest BCUT2D eigenvalue weighted by atomic mass is 35.5. The van der Waals surface area contributed by atoms with E-state index in [-0.39, 0.29) is 5.82 Å². The summed E-state index contributed by atoms with van der Waals surface area (Å²) in [7, 11) is 0. The van der Waals surface area contributed by atoms with Gasteiger partial charge in [0.1, 0.15) is 5.82 Å². The first-order valence-corrected chi connectivity index (χ1v) is 4.72. The van der Waals surface area contributed by atoms with E-state index in [0.29, 0.717) is 16.7 Å². The summed E-state index contributed by atoms with van der Waals surface area (Å²) in [6, 6.07) is 4.14. The average molecular weight is 226 g/mol. The summed E-state index contributed by atoms with van der Waals surface area (Å²) >= 11 is 5.90. The Morgan fingerprint density at radius 3 is 2.73 bits per heavy atom. The Bertz CT molecular complexity index is 507. The van der Waals surface area contributed by atoms with Crippen LogP contribution in [0.15, 0.2) is 24.4 Å². The SMILES string of the molecule is Cc1cn(-c2ccc(F)cc2Cl)c(N)n1. The number of nitrogens with two attached hydrogens (primary N) is 1. The number of halogens is 2. The third-order valence-corrected chi connectivity index (χ3v) is 2.33. The van der Waals surface area contributed by atoms with Crippen LogP contribution < -0.4 is 5.73 Å². The van der Waals surface area contributed by atoms with Gasteiger partial charge in [-0.3, -0.25) is 4.57 Å². The van der Waals surface area contributed by atoms with Gasteiger partial charge in [-0.25, -0.2) is 9.37 Å². The van der Waals surface area contributed by atoms with Crippen LogP contribution in [0.25, 0.3) is 5.69 Å². The highest BCUT2D eigenvalue weighted by Crippen LogP contribution is 2.23. The number of nitrogen functional groups attached to an aromatic ring is 1. The normalized spacial score (nSPS) is 10.6. The Kier molecular flexibility index (Phi) is 2.36. The number of nitrogens with zero attached hydrogens (tertiary/aromatic N) is 2. The molecule has 1 aromatic carbocycles. The van der Waals surface area contributed by atoms with E-state index in [1.807, 2.05) is 6.92 Å². The second kappa shape index (κ2) is 3.55. The first-order valence-electron chi connectivity index (χ1n) is 4.35. The minimum atomic E-state index is -0.376. The van der Waals surface area contributed by atoms with Crippen molar-refractivity contribution in [3.05, 3.63) is 40.9 Å². The van der Waals surface area contributed by atoms with Crippen molar-refractivity contribution >= 4 is 17.5 Å². The molecule has 0 saturated carbocycles. The van der Waals surface area contributed by atoms with Crippen LogP contribution in [-0.4, -0.2) is 9.55 Å². The summed E-state index contributed by atoms with van der Waals surface area (Å²) in [5.74, 6) is -0.0415. The van der Waals surface area contributed by atoms with E-state index in [4.69, 9.17) is 17.3 Å². The van der Waals surface area contributed by atoms with Crippen molar-refractivity contribution in [1.29, 1.82) is 0 Å². The third-order valence-electron chi connectivity index (χ3n) is 2.02. The van der Waals surface area contributed by atoms with Crippen molar-refractivity contribution in [2.45, 2.75) is 6.92 Å². The molecule has 0 bridgehead atoms. The highest BCUT2D eigenvalue weighted by Gasteiger charge is 2.08. The molecular formula is C10H9ClFN3. The quantitative estimate of drug-likeness (QED) is 0.811. The van der Waals surface area contributed by atoms with Crippen LogP contribution in [0.3, 0.4) is 0 Å². The molecule has 2 rings (SSSR count). The number of anilines is 1. The van der Waals surface area contributed by atoms with E-state index in [0.717, 1.165) is 5.69 Å². The van der Waals surface area contributed by atoms with Crippen molar-refractivity contribution in [2.75, 3.05) is 5.73 Å². The molecule has 0 spiro atoms. The molecule has 0 aliphatic carbocycles. The van der Waals surface area contributed by atoms with Crippen molar-refractivity contribution in [2.24, 2.45) is 0 Å². The number of benzene rings is 1. The van der Waals surface area contributed by atoms with Crippen molar-refractivity contribution < 1.29 is 4.39 Å². The number of hydrogen-bond acceptors (Lipinski definition) is 2. The van der Waals surface area contributed by atoms with Gasteiger partial charge in [0.05, 0.1) is 16.4 Å². The fourth-order valence-corrected chi connectivity index (χ4v) is 1.64. The predicted octanol–water partition coefficient (Wildman–Crippen LogP) is 2.56. The molecule has 0 aliphatic heterocycles. The van der Waals surface area contributed by atoms with E-state index < -0.39 is 0 Å². The van der Waals surface area contributed by atoms with Gasteiger partial charge in [0.2, 0.25) is 5.95 Å². The molecule has 0 amide bonds. The zero-order chi connectivity index (χ0) is 11.0. The van der Waals surface area contributed by atoms with E-state index in [2.05, 4.69) is 4.98 Å². The number of imidazole rings is 1. The lowest BCUT2D eigenvalue weighted by atomic mass is 10.3. The van der Waals surface area contributed by atoms with Crippen molar-refractivity contribution in [3.8, 4) is 5.69 Å². The molecule has 0 unspecified atom stereocenters. The molecule has 2 aromatic rings. The lowest BCUT2D eigenvalue weighted by Gasteiger charge is -2.06. The second-order valence-corrected chi connectivity index (χ2v) is 3.61. The van der Waals surface area contributed by atoms with E-state index >= 15 is 0 Å². The Labute approximate surface area is 91.3 Å². The summed E-state index contributed by atoms with van der Waals surface area (Å²) in [4.78, 5) is 4.04. The van der Waals surface area contributed by atoms with Crippen LogP contribution in [0, 0.1) is 12.7 Å². The maximum atomic E-state index is 12.8. The Morgan fingerprint density at radius 2 is 2.20 bits per heavy atom. The van der Waals surface area contributed by atoms with Crippen molar-refractivity contribution in [3.63, 3.8) is 0 Å². The maximum absolute atomic E-state index is 12.8. The summed E-state index contributed by atoms with van der Waals surface area (Å²) in [5, 5.41) is 0.305. The molecule has 5 heteroatoms. The highest BCUT2D eigenvalue weighted by molar-refractivity contribution is 6.32. The monoisotopic (exact) mass is 225 g/mol. The molecule has 1 aromatic heterocycles. The van der Waals surface area contributed by atoms with Crippen LogP contribution >= 0.6 is 11.6 Å². The topological polar surface area (TPSA) is 43.8 Å². The maximum Gasteiger partial charge on any atom is 0.205 e. The first-order chi connectivity index (χ1) is 7.08. The second-order valence-electron chi connectivity index (χ2n) is 3.21. The standard InChI is InChI=1S/C10H9ClFN3/c1-6-5-15(10(13)14-6)9-3-2-7(12)4-8(9)11/h2-5H,1H3,(H2,13,14). The van der Waals surface area contributed by atoms with Gasteiger partial charge in [0.15, 0.2) is 0 Å². The van der Waals surface area contributed by atoms with Crippen LogP contribution in [-0.2, 0) is 0 Å².